The molecule has 6 heteroatoms. The number of aliphatic hydroxyl groups is 1. The van der Waals surface area contributed by atoms with E-state index in [1.165, 1.54) is 12.1 Å². The van der Waals surface area contributed by atoms with E-state index in [4.69, 9.17) is 4.42 Å². The Labute approximate surface area is 153 Å². The van der Waals surface area contributed by atoms with Gasteiger partial charge in [-0.2, -0.15) is 0 Å². The second-order valence-corrected chi connectivity index (χ2v) is 7.17. The summed E-state index contributed by atoms with van der Waals surface area (Å²) in [5.41, 5.74) is -0.558. The third-order valence-electron chi connectivity index (χ3n) is 4.74. The van der Waals surface area contributed by atoms with Crippen molar-refractivity contribution in [2.24, 2.45) is 0 Å². The Balaban J connectivity index is 1.64. The molecule has 1 aliphatic heterocycles. The summed E-state index contributed by atoms with van der Waals surface area (Å²) in [5, 5.41) is 11.0. The summed E-state index contributed by atoms with van der Waals surface area (Å²) in [6, 6.07) is 9.90. The number of halogens is 1. The summed E-state index contributed by atoms with van der Waals surface area (Å²) in [6.45, 7) is 3.63. The molecular weight excluding hydrogens is 335 g/mol. The largest absolute Gasteiger partial charge is 0.465 e. The lowest BCUT2D eigenvalue weighted by molar-refractivity contribution is -0.160. The fraction of sp³-hybridized carbons (Fsp3) is 0.450. The molecule has 1 fully saturated rings. The van der Waals surface area contributed by atoms with Gasteiger partial charge < -0.3 is 14.4 Å². The molecule has 2 heterocycles. The molecule has 1 N–H and O–H groups in total. The van der Waals surface area contributed by atoms with Crippen LogP contribution in [0.2, 0.25) is 0 Å². The highest BCUT2D eigenvalue weighted by Gasteiger charge is 2.42. The fourth-order valence-electron chi connectivity index (χ4n) is 3.51. The number of carbonyl (C=O) groups excluding carboxylic acids is 1. The molecule has 26 heavy (non-hydrogen) atoms. The first kappa shape index (κ1) is 18.6. The predicted octanol–water partition coefficient (Wildman–Crippen LogP) is 2.71. The second kappa shape index (κ2) is 7.60. The Kier molecular flexibility index (Phi) is 5.44. The topological polar surface area (TPSA) is 56.9 Å². The minimum atomic E-state index is -1.41. The van der Waals surface area contributed by atoms with Crippen LogP contribution in [0.4, 0.5) is 4.39 Å². The van der Waals surface area contributed by atoms with Crippen molar-refractivity contribution in [3.63, 3.8) is 0 Å². The molecule has 1 aromatic heterocycles. The van der Waals surface area contributed by atoms with E-state index in [1.807, 2.05) is 31.0 Å². The van der Waals surface area contributed by atoms with E-state index in [9.17, 15) is 14.3 Å². The molecule has 0 aliphatic carbocycles. The molecular formula is C20H25FN2O3. The lowest BCUT2D eigenvalue weighted by atomic mass is 9.90. The van der Waals surface area contributed by atoms with Crippen molar-refractivity contribution in [3.05, 3.63) is 59.3 Å². The third kappa shape index (κ3) is 4.31. The normalized spacial score (nSPS) is 20.8. The predicted molar refractivity (Wildman–Crippen MR) is 95.8 cm³/mol. The molecule has 1 atom stereocenters. The van der Waals surface area contributed by atoms with Gasteiger partial charge in [-0.15, -0.1) is 0 Å². The second-order valence-electron chi connectivity index (χ2n) is 7.17. The van der Waals surface area contributed by atoms with Gasteiger partial charge in [-0.25, -0.2) is 4.39 Å². The monoisotopic (exact) mass is 360 g/mol. The molecule has 0 spiro atoms. The molecule has 1 aromatic carbocycles. The summed E-state index contributed by atoms with van der Waals surface area (Å²) >= 11 is 0. The van der Waals surface area contributed by atoms with E-state index in [-0.39, 0.29) is 18.3 Å². The Morgan fingerprint density at radius 1 is 1.27 bits per heavy atom. The van der Waals surface area contributed by atoms with E-state index in [2.05, 4.69) is 0 Å². The van der Waals surface area contributed by atoms with Crippen LogP contribution < -0.4 is 0 Å². The van der Waals surface area contributed by atoms with Gasteiger partial charge in [0.15, 0.2) is 5.60 Å². The molecule has 2 aromatic rings. The van der Waals surface area contributed by atoms with E-state index in [0.717, 1.165) is 23.5 Å². The Morgan fingerprint density at radius 2 is 2.00 bits per heavy atom. The molecule has 0 bridgehead atoms. The number of aryl methyl sites for hydroxylation is 1. The van der Waals surface area contributed by atoms with Crippen molar-refractivity contribution < 1.29 is 18.7 Å². The number of amides is 1. The number of nitrogens with zero attached hydrogens (tertiary/aromatic N) is 2. The van der Waals surface area contributed by atoms with E-state index in [1.54, 1.807) is 17.0 Å². The van der Waals surface area contributed by atoms with Crippen molar-refractivity contribution in [2.75, 3.05) is 20.1 Å². The van der Waals surface area contributed by atoms with Gasteiger partial charge in [0.25, 0.3) is 5.91 Å². The highest BCUT2D eigenvalue weighted by Crippen LogP contribution is 2.26. The van der Waals surface area contributed by atoms with Crippen molar-refractivity contribution >= 4 is 5.91 Å². The Bertz CT molecular complexity index is 759. The number of carbonyl (C=O) groups is 1. The number of furan rings is 1. The maximum Gasteiger partial charge on any atom is 0.256 e. The molecule has 1 aliphatic rings. The Hall–Kier alpha value is -2.18. The van der Waals surface area contributed by atoms with Crippen molar-refractivity contribution in [2.45, 2.75) is 38.5 Å². The number of likely N-dealkylation sites (tertiary alicyclic amines) is 1. The molecule has 140 valence electrons. The lowest BCUT2D eigenvalue weighted by Crippen LogP contribution is -2.57. The summed E-state index contributed by atoms with van der Waals surface area (Å²) in [7, 11) is 1.86. The van der Waals surface area contributed by atoms with Gasteiger partial charge >= 0.3 is 0 Å². The number of likely N-dealkylation sites (N-methyl/N-ethyl adjacent to an activating group) is 1. The zero-order valence-corrected chi connectivity index (χ0v) is 15.2. The quantitative estimate of drug-likeness (QED) is 0.861. The highest BCUT2D eigenvalue weighted by atomic mass is 19.1. The third-order valence-corrected chi connectivity index (χ3v) is 4.74. The number of benzene rings is 1. The zero-order valence-electron chi connectivity index (χ0n) is 15.2. The molecule has 5 nitrogen and oxygen atoms in total. The number of piperidine rings is 1. The van der Waals surface area contributed by atoms with Crippen LogP contribution in [0.25, 0.3) is 0 Å². The fourth-order valence-corrected chi connectivity index (χ4v) is 3.51. The smallest absolute Gasteiger partial charge is 0.256 e. The molecule has 1 amide bonds. The van der Waals surface area contributed by atoms with Gasteiger partial charge in [0.1, 0.15) is 17.3 Å². The van der Waals surface area contributed by atoms with Crippen LogP contribution >= 0.6 is 0 Å². The van der Waals surface area contributed by atoms with Crippen LogP contribution in [-0.4, -0.2) is 46.6 Å². The number of hydrogen-bond acceptors (Lipinski definition) is 4. The van der Waals surface area contributed by atoms with Gasteiger partial charge in [-0.1, -0.05) is 12.1 Å². The van der Waals surface area contributed by atoms with Gasteiger partial charge in [0.2, 0.25) is 0 Å². The minimum absolute atomic E-state index is 0.242. The summed E-state index contributed by atoms with van der Waals surface area (Å²) in [4.78, 5) is 16.4. The van der Waals surface area contributed by atoms with Crippen LogP contribution in [0.3, 0.4) is 0 Å². The van der Waals surface area contributed by atoms with Gasteiger partial charge in [-0.3, -0.25) is 9.69 Å². The first-order valence-electron chi connectivity index (χ1n) is 8.86. The van der Waals surface area contributed by atoms with E-state index >= 15 is 0 Å². The van der Waals surface area contributed by atoms with Gasteiger partial charge in [0, 0.05) is 19.6 Å². The average molecular weight is 360 g/mol. The summed E-state index contributed by atoms with van der Waals surface area (Å²) in [6.07, 6.45) is 1.17. The molecule has 0 radical (unpaired) electrons. The van der Waals surface area contributed by atoms with E-state index < -0.39 is 5.60 Å². The minimum Gasteiger partial charge on any atom is -0.465 e. The Morgan fingerprint density at radius 3 is 2.65 bits per heavy atom. The summed E-state index contributed by atoms with van der Waals surface area (Å²) < 4.78 is 18.6. The van der Waals surface area contributed by atoms with Crippen LogP contribution in [0, 0.1) is 12.7 Å². The maximum atomic E-state index is 13.1. The van der Waals surface area contributed by atoms with Crippen LogP contribution in [0.15, 0.2) is 40.8 Å². The standard InChI is InChI=1S/C20H25FN2O3/c1-15-4-9-18(26-15)13-22(2)14-20(25)10-3-11-23(19(20)24)12-16-5-7-17(21)8-6-16/h4-9,25H,3,10-14H2,1-2H3/t20-/m1/s1. The lowest BCUT2D eigenvalue weighted by Gasteiger charge is -2.40. The number of rotatable bonds is 6. The molecule has 0 saturated carbocycles. The van der Waals surface area contributed by atoms with Gasteiger partial charge in [0.05, 0.1) is 6.54 Å². The average Bonchev–Trinajstić information content (AvgIpc) is 2.98. The maximum absolute atomic E-state index is 13.1. The summed E-state index contributed by atoms with van der Waals surface area (Å²) in [5.74, 6) is 1.08. The van der Waals surface area contributed by atoms with Gasteiger partial charge in [-0.05, 0) is 56.6 Å². The molecule has 0 unspecified atom stereocenters. The first-order valence-corrected chi connectivity index (χ1v) is 8.86. The molecule has 1 saturated heterocycles. The van der Waals surface area contributed by atoms with Crippen LogP contribution in [0.5, 0.6) is 0 Å². The van der Waals surface area contributed by atoms with Crippen LogP contribution in [-0.2, 0) is 17.9 Å². The SMILES string of the molecule is Cc1ccc(CN(C)C[C@]2(O)CCCN(Cc3ccc(F)cc3)C2=O)o1. The molecule has 3 rings (SSSR count). The van der Waals surface area contributed by atoms with Crippen molar-refractivity contribution in [1.82, 2.24) is 9.80 Å². The van der Waals surface area contributed by atoms with Crippen LogP contribution in [0.1, 0.15) is 29.9 Å². The highest BCUT2D eigenvalue weighted by molar-refractivity contribution is 5.86. The van der Waals surface area contributed by atoms with Crippen molar-refractivity contribution in [3.8, 4) is 0 Å². The zero-order chi connectivity index (χ0) is 18.7. The van der Waals surface area contributed by atoms with E-state index in [0.29, 0.717) is 26.1 Å². The van der Waals surface area contributed by atoms with Crippen molar-refractivity contribution in [1.29, 1.82) is 0 Å². The first-order chi connectivity index (χ1) is 12.4. The number of hydrogen-bond donors (Lipinski definition) is 1.